The standard InChI is InChI=1S/C15H20FNO5S/c1-14(2,15(20)6-8-17(9-7-15)13(18)19)23(21,22)12-5-3-4-11(16)10-12/h3-5,10,20H,6-9H2,1-2H3,(H,18,19). The molecule has 1 heterocycles. The van der Waals surface area contributed by atoms with Crippen molar-refractivity contribution in [1.82, 2.24) is 4.90 Å². The van der Waals surface area contributed by atoms with Gasteiger partial charge in [-0.25, -0.2) is 17.6 Å². The highest BCUT2D eigenvalue weighted by molar-refractivity contribution is 7.92. The maximum absolute atomic E-state index is 13.4. The van der Waals surface area contributed by atoms with Gasteiger partial charge >= 0.3 is 6.09 Å². The topological polar surface area (TPSA) is 94.9 Å². The highest BCUT2D eigenvalue weighted by Gasteiger charge is 2.54. The summed E-state index contributed by atoms with van der Waals surface area (Å²) in [6.45, 7) is 2.88. The highest BCUT2D eigenvalue weighted by atomic mass is 32.2. The zero-order valence-electron chi connectivity index (χ0n) is 13.0. The number of hydrogen-bond acceptors (Lipinski definition) is 4. The third kappa shape index (κ3) is 2.92. The first-order chi connectivity index (χ1) is 10.5. The van der Waals surface area contributed by atoms with Gasteiger partial charge in [-0.3, -0.25) is 0 Å². The summed E-state index contributed by atoms with van der Waals surface area (Å²) in [5.74, 6) is -0.672. The number of carboxylic acid groups (broad SMARTS) is 1. The van der Waals surface area contributed by atoms with Crippen molar-refractivity contribution in [2.24, 2.45) is 0 Å². The molecule has 2 rings (SSSR count). The van der Waals surface area contributed by atoms with Crippen molar-refractivity contribution in [3.63, 3.8) is 0 Å². The van der Waals surface area contributed by atoms with E-state index in [-0.39, 0.29) is 30.8 Å². The zero-order chi connectivity index (χ0) is 17.5. The van der Waals surface area contributed by atoms with Gasteiger partial charge in [0.15, 0.2) is 9.84 Å². The van der Waals surface area contributed by atoms with Gasteiger partial charge in [0.05, 0.1) is 15.2 Å². The van der Waals surface area contributed by atoms with Crippen LogP contribution >= 0.6 is 0 Å². The smallest absolute Gasteiger partial charge is 0.407 e. The minimum Gasteiger partial charge on any atom is -0.465 e. The SMILES string of the molecule is CC(C)(C1(O)CCN(C(=O)O)CC1)S(=O)(=O)c1cccc(F)c1. The Morgan fingerprint density at radius 1 is 1.30 bits per heavy atom. The van der Waals surface area contributed by atoms with Gasteiger partial charge in [-0.1, -0.05) is 6.07 Å². The van der Waals surface area contributed by atoms with Crippen molar-refractivity contribution in [1.29, 1.82) is 0 Å². The van der Waals surface area contributed by atoms with Crippen molar-refractivity contribution in [2.45, 2.75) is 41.9 Å². The first-order valence-corrected chi connectivity index (χ1v) is 8.70. The average Bonchev–Trinajstić information content (AvgIpc) is 2.47. The predicted octanol–water partition coefficient (Wildman–Crippen LogP) is 1.88. The van der Waals surface area contributed by atoms with E-state index in [1.165, 1.54) is 26.0 Å². The molecule has 1 amide bonds. The van der Waals surface area contributed by atoms with E-state index >= 15 is 0 Å². The summed E-state index contributed by atoms with van der Waals surface area (Å²) in [6.07, 6.45) is -1.10. The van der Waals surface area contributed by atoms with E-state index in [0.717, 1.165) is 17.0 Å². The number of nitrogens with zero attached hydrogens (tertiary/aromatic N) is 1. The van der Waals surface area contributed by atoms with E-state index in [1.807, 2.05) is 0 Å². The lowest BCUT2D eigenvalue weighted by Crippen LogP contribution is -2.60. The maximum atomic E-state index is 13.4. The first-order valence-electron chi connectivity index (χ1n) is 7.22. The molecule has 0 bridgehead atoms. The normalized spacial score (nSPS) is 18.7. The minimum atomic E-state index is -4.01. The molecule has 8 heteroatoms. The van der Waals surface area contributed by atoms with Crippen LogP contribution in [0.15, 0.2) is 29.2 Å². The molecule has 128 valence electrons. The van der Waals surface area contributed by atoms with Gasteiger partial charge in [0.2, 0.25) is 0 Å². The minimum absolute atomic E-state index is 0.000839. The molecule has 0 unspecified atom stereocenters. The molecule has 1 aromatic rings. The fraction of sp³-hybridized carbons (Fsp3) is 0.533. The third-order valence-electron chi connectivity index (χ3n) is 4.76. The number of benzene rings is 1. The Balaban J connectivity index is 2.35. The fourth-order valence-corrected chi connectivity index (χ4v) is 4.67. The Hall–Kier alpha value is -1.67. The Bertz CT molecular complexity index is 708. The van der Waals surface area contributed by atoms with Crippen LogP contribution in [0.1, 0.15) is 26.7 Å². The molecule has 0 radical (unpaired) electrons. The third-order valence-corrected chi connectivity index (χ3v) is 7.36. The van der Waals surface area contributed by atoms with Crippen molar-refractivity contribution in [2.75, 3.05) is 13.1 Å². The summed E-state index contributed by atoms with van der Waals surface area (Å²) in [7, 11) is -4.01. The molecule has 0 spiro atoms. The van der Waals surface area contributed by atoms with Crippen LogP contribution in [0.3, 0.4) is 0 Å². The monoisotopic (exact) mass is 345 g/mol. The average molecular weight is 345 g/mol. The fourth-order valence-electron chi connectivity index (χ4n) is 2.85. The maximum Gasteiger partial charge on any atom is 0.407 e. The molecule has 23 heavy (non-hydrogen) atoms. The van der Waals surface area contributed by atoms with Crippen LogP contribution in [0.25, 0.3) is 0 Å². The van der Waals surface area contributed by atoms with Gasteiger partial charge in [0, 0.05) is 13.1 Å². The van der Waals surface area contributed by atoms with E-state index in [4.69, 9.17) is 5.11 Å². The summed E-state index contributed by atoms with van der Waals surface area (Å²) in [6, 6.07) is 4.66. The summed E-state index contributed by atoms with van der Waals surface area (Å²) >= 11 is 0. The number of likely N-dealkylation sites (tertiary alicyclic amines) is 1. The zero-order valence-corrected chi connectivity index (χ0v) is 13.8. The lowest BCUT2D eigenvalue weighted by Gasteiger charge is -2.46. The Morgan fingerprint density at radius 3 is 2.35 bits per heavy atom. The van der Waals surface area contributed by atoms with Crippen LogP contribution in [0.4, 0.5) is 9.18 Å². The second kappa shape index (κ2) is 5.76. The van der Waals surface area contributed by atoms with Crippen LogP contribution in [0.5, 0.6) is 0 Å². The van der Waals surface area contributed by atoms with Crippen LogP contribution in [-0.2, 0) is 9.84 Å². The van der Waals surface area contributed by atoms with Crippen molar-refractivity contribution in [3.05, 3.63) is 30.1 Å². The predicted molar refractivity (Wildman–Crippen MR) is 81.4 cm³/mol. The molecule has 1 aliphatic heterocycles. The van der Waals surface area contributed by atoms with Crippen LogP contribution in [-0.4, -0.2) is 53.1 Å². The van der Waals surface area contributed by atoms with E-state index in [1.54, 1.807) is 0 Å². The Kier molecular flexibility index (Phi) is 4.42. The summed E-state index contributed by atoms with van der Waals surface area (Å²) < 4.78 is 37.5. The first kappa shape index (κ1) is 17.7. The lowest BCUT2D eigenvalue weighted by molar-refractivity contribution is -0.0416. The van der Waals surface area contributed by atoms with Crippen LogP contribution in [0, 0.1) is 5.82 Å². The molecule has 1 aromatic carbocycles. The second-order valence-electron chi connectivity index (χ2n) is 6.27. The van der Waals surface area contributed by atoms with Gasteiger partial charge in [-0.15, -0.1) is 0 Å². The van der Waals surface area contributed by atoms with Crippen LogP contribution in [0.2, 0.25) is 0 Å². The van der Waals surface area contributed by atoms with Gasteiger partial charge in [0.25, 0.3) is 0 Å². The highest BCUT2D eigenvalue weighted by Crippen LogP contribution is 2.41. The second-order valence-corrected chi connectivity index (χ2v) is 8.77. The number of rotatable bonds is 3. The number of piperidine rings is 1. The molecule has 1 fully saturated rings. The van der Waals surface area contributed by atoms with Gasteiger partial charge in [0.1, 0.15) is 5.82 Å². The summed E-state index contributed by atoms with van der Waals surface area (Å²) in [5.41, 5.74) is -1.59. The van der Waals surface area contributed by atoms with E-state index in [0.29, 0.717) is 0 Å². The molecule has 6 nitrogen and oxygen atoms in total. The number of sulfone groups is 1. The van der Waals surface area contributed by atoms with Crippen molar-refractivity contribution in [3.8, 4) is 0 Å². The summed E-state index contributed by atoms with van der Waals surface area (Å²) in [4.78, 5) is 11.9. The van der Waals surface area contributed by atoms with E-state index < -0.39 is 32.1 Å². The van der Waals surface area contributed by atoms with E-state index in [9.17, 15) is 22.7 Å². The molecule has 0 saturated carbocycles. The lowest BCUT2D eigenvalue weighted by atomic mass is 9.81. The number of halogens is 1. The van der Waals surface area contributed by atoms with Gasteiger partial charge in [-0.2, -0.15) is 0 Å². The van der Waals surface area contributed by atoms with Gasteiger partial charge in [-0.05, 0) is 44.9 Å². The number of amides is 1. The molecule has 1 saturated heterocycles. The molecule has 1 aliphatic rings. The Labute approximate surface area is 134 Å². The molecule has 0 aromatic heterocycles. The molecule has 0 aliphatic carbocycles. The van der Waals surface area contributed by atoms with Crippen molar-refractivity contribution >= 4 is 15.9 Å². The van der Waals surface area contributed by atoms with Crippen molar-refractivity contribution < 1.29 is 27.8 Å². The Morgan fingerprint density at radius 2 is 1.87 bits per heavy atom. The number of hydrogen-bond donors (Lipinski definition) is 2. The quantitative estimate of drug-likeness (QED) is 0.872. The van der Waals surface area contributed by atoms with Gasteiger partial charge < -0.3 is 15.1 Å². The largest absolute Gasteiger partial charge is 0.465 e. The van der Waals surface area contributed by atoms with E-state index in [2.05, 4.69) is 0 Å². The summed E-state index contributed by atoms with van der Waals surface area (Å²) in [5, 5.41) is 19.8. The molecular weight excluding hydrogens is 325 g/mol. The molecular formula is C15H20FNO5S. The molecule has 0 atom stereocenters. The molecule has 2 N–H and O–H groups in total. The van der Waals surface area contributed by atoms with Crippen LogP contribution < -0.4 is 0 Å². The number of aliphatic hydroxyl groups is 1. The number of carbonyl (C=O) groups is 1.